The van der Waals surface area contributed by atoms with Gasteiger partial charge in [0, 0.05) is 12.8 Å². The Morgan fingerprint density at radius 2 is 0.526 bits per heavy atom. The molecular formula is C89H169NO5. The summed E-state index contributed by atoms with van der Waals surface area (Å²) in [5, 5.41) is 23.3. The zero-order chi connectivity index (χ0) is 68.4. The van der Waals surface area contributed by atoms with Crippen molar-refractivity contribution in [2.75, 3.05) is 13.2 Å². The Balaban J connectivity index is 3.36. The molecule has 95 heavy (non-hydrogen) atoms. The van der Waals surface area contributed by atoms with Gasteiger partial charge in [0.15, 0.2) is 0 Å². The van der Waals surface area contributed by atoms with Gasteiger partial charge < -0.3 is 20.3 Å². The van der Waals surface area contributed by atoms with Crippen molar-refractivity contribution in [1.82, 2.24) is 5.32 Å². The number of esters is 1. The molecule has 0 aliphatic rings. The lowest BCUT2D eigenvalue weighted by Gasteiger charge is -2.20. The summed E-state index contributed by atoms with van der Waals surface area (Å²) >= 11 is 0. The molecule has 0 heterocycles. The Hall–Kier alpha value is -2.18. The molecule has 0 aromatic heterocycles. The fourth-order valence-electron chi connectivity index (χ4n) is 13.7. The van der Waals surface area contributed by atoms with Crippen LogP contribution in [0.2, 0.25) is 0 Å². The molecule has 0 saturated heterocycles. The molecule has 1 amide bonds. The van der Waals surface area contributed by atoms with Gasteiger partial charge in [0.2, 0.25) is 5.91 Å². The molecule has 3 N–H and O–H groups in total. The minimum Gasteiger partial charge on any atom is -0.466 e. The van der Waals surface area contributed by atoms with Crippen LogP contribution in [-0.2, 0) is 14.3 Å². The van der Waals surface area contributed by atoms with E-state index in [9.17, 15) is 19.8 Å². The fraction of sp³-hybridized carbons (Fsp3) is 0.888. The maximum Gasteiger partial charge on any atom is 0.305 e. The number of aliphatic hydroxyl groups excluding tert-OH is 2. The van der Waals surface area contributed by atoms with Crippen LogP contribution >= 0.6 is 0 Å². The molecule has 0 spiro atoms. The number of carbonyl (C=O) groups is 2. The summed E-state index contributed by atoms with van der Waals surface area (Å²) in [4.78, 5) is 24.7. The number of amides is 1. The lowest BCUT2D eigenvalue weighted by molar-refractivity contribution is -0.143. The van der Waals surface area contributed by atoms with E-state index >= 15 is 0 Å². The number of hydrogen-bond donors (Lipinski definition) is 3. The molecule has 0 radical (unpaired) electrons. The summed E-state index contributed by atoms with van der Waals surface area (Å²) in [6.45, 7) is 4.95. The van der Waals surface area contributed by atoms with Gasteiger partial charge in [-0.2, -0.15) is 0 Å². The Bertz CT molecular complexity index is 1590. The average molecular weight is 1330 g/mol. The minimum absolute atomic E-state index is 0.0205. The van der Waals surface area contributed by atoms with Crippen LogP contribution in [0.15, 0.2) is 48.6 Å². The molecule has 0 fully saturated rings. The Labute approximate surface area is 595 Å². The van der Waals surface area contributed by atoms with Crippen LogP contribution in [0.25, 0.3) is 0 Å². The van der Waals surface area contributed by atoms with Crippen molar-refractivity contribution < 1.29 is 24.5 Å². The third-order valence-corrected chi connectivity index (χ3v) is 20.3. The highest BCUT2D eigenvalue weighted by Gasteiger charge is 2.18. The van der Waals surface area contributed by atoms with E-state index < -0.39 is 12.1 Å². The van der Waals surface area contributed by atoms with Crippen LogP contribution in [0.1, 0.15) is 483 Å². The first-order chi connectivity index (χ1) is 47.0. The standard InChI is InChI=1S/C89H169NO5/c1-3-5-7-9-11-13-15-17-19-21-23-46-49-53-57-61-65-69-73-77-81-87(92)86(85-91)90-88(93)82-78-74-70-66-62-58-54-50-47-43-41-39-37-35-33-31-29-27-25-24-26-28-30-32-34-36-38-40-42-44-48-52-56-60-64-68-72-76-80-84-95-89(94)83-79-75-71-67-63-59-55-51-45-22-20-18-16-14-12-10-8-6-4-2/h18,20,24-25,28,30,77,81,86-87,91-92H,3-17,19,21-23,26-27,29,31-76,78-80,82-85H2,1-2H3,(H,90,93)/b20-18-,25-24-,30-28-,81-77+. The largest absolute Gasteiger partial charge is 0.466 e. The average Bonchev–Trinajstić information content (AvgIpc) is 2.96. The number of ether oxygens (including phenoxy) is 1. The van der Waals surface area contributed by atoms with Gasteiger partial charge in [0.1, 0.15) is 0 Å². The topological polar surface area (TPSA) is 95.9 Å². The van der Waals surface area contributed by atoms with Crippen molar-refractivity contribution in [3.8, 4) is 0 Å². The fourth-order valence-corrected chi connectivity index (χ4v) is 13.7. The maximum atomic E-state index is 12.5. The van der Waals surface area contributed by atoms with Crippen LogP contribution in [-0.4, -0.2) is 47.4 Å². The third kappa shape index (κ3) is 80.7. The number of unbranched alkanes of at least 4 members (excludes halogenated alkanes) is 65. The molecule has 6 nitrogen and oxygen atoms in total. The van der Waals surface area contributed by atoms with Gasteiger partial charge in [-0.05, 0) is 89.9 Å². The predicted molar refractivity (Wildman–Crippen MR) is 421 cm³/mol. The predicted octanol–water partition coefficient (Wildman–Crippen LogP) is 29.1. The second-order valence-electron chi connectivity index (χ2n) is 29.9. The van der Waals surface area contributed by atoms with Crippen molar-refractivity contribution in [3.63, 3.8) is 0 Å². The summed E-state index contributed by atoms with van der Waals surface area (Å²) in [6.07, 6.45) is 113. The Kier molecular flexibility index (Phi) is 82.3. The second kappa shape index (κ2) is 84.2. The van der Waals surface area contributed by atoms with Crippen molar-refractivity contribution in [2.45, 2.75) is 495 Å². The zero-order valence-electron chi connectivity index (χ0n) is 64.4. The summed E-state index contributed by atoms with van der Waals surface area (Å²) in [7, 11) is 0. The Morgan fingerprint density at radius 3 is 0.811 bits per heavy atom. The minimum atomic E-state index is -0.844. The highest BCUT2D eigenvalue weighted by molar-refractivity contribution is 5.76. The monoisotopic (exact) mass is 1330 g/mol. The zero-order valence-corrected chi connectivity index (χ0v) is 64.4. The van der Waals surface area contributed by atoms with Gasteiger partial charge >= 0.3 is 5.97 Å². The first kappa shape index (κ1) is 92.8. The Morgan fingerprint density at radius 1 is 0.295 bits per heavy atom. The van der Waals surface area contributed by atoms with E-state index in [1.165, 1.54) is 411 Å². The molecule has 2 atom stereocenters. The first-order valence-corrected chi connectivity index (χ1v) is 43.4. The summed E-state index contributed by atoms with van der Waals surface area (Å²) in [5.74, 6) is -0.0400. The van der Waals surface area contributed by atoms with Crippen LogP contribution < -0.4 is 5.32 Å². The molecule has 0 saturated carbocycles. The number of nitrogens with one attached hydrogen (secondary N) is 1. The molecular weight excluding hydrogens is 1160 g/mol. The molecule has 0 aromatic rings. The molecule has 0 rings (SSSR count). The van der Waals surface area contributed by atoms with Gasteiger partial charge in [-0.15, -0.1) is 0 Å². The highest BCUT2D eigenvalue weighted by Crippen LogP contribution is 2.20. The van der Waals surface area contributed by atoms with E-state index in [1.807, 2.05) is 6.08 Å². The summed E-state index contributed by atoms with van der Waals surface area (Å²) in [5.41, 5.74) is 0. The van der Waals surface area contributed by atoms with E-state index in [-0.39, 0.29) is 18.5 Å². The number of hydrogen-bond acceptors (Lipinski definition) is 5. The van der Waals surface area contributed by atoms with E-state index in [4.69, 9.17) is 4.74 Å². The maximum absolute atomic E-state index is 12.5. The molecule has 6 heteroatoms. The SMILES string of the molecule is CCCCCCCC/C=C\CCCCCCCCCCCC(=O)OCCCCCCCCCCCCCCCCC/C=C\C/C=C\CCCCCCCCCCCCCCCCCCCC(=O)NC(CO)C(O)/C=C/CCCCCCCCCCCCCCCCCCCC. The lowest BCUT2D eigenvalue weighted by atomic mass is 10.0. The van der Waals surface area contributed by atoms with Crippen molar-refractivity contribution in [2.24, 2.45) is 0 Å². The van der Waals surface area contributed by atoms with Crippen molar-refractivity contribution >= 4 is 11.9 Å². The number of aliphatic hydroxyl groups is 2. The number of carbonyl (C=O) groups excluding carboxylic acids is 2. The summed E-state index contributed by atoms with van der Waals surface area (Å²) < 4.78 is 5.52. The van der Waals surface area contributed by atoms with Crippen LogP contribution in [0.3, 0.4) is 0 Å². The third-order valence-electron chi connectivity index (χ3n) is 20.3. The van der Waals surface area contributed by atoms with E-state index in [0.717, 1.165) is 44.9 Å². The second-order valence-corrected chi connectivity index (χ2v) is 29.9. The van der Waals surface area contributed by atoms with Gasteiger partial charge in [0.05, 0.1) is 25.4 Å². The van der Waals surface area contributed by atoms with Crippen LogP contribution in [0.4, 0.5) is 0 Å². The normalized spacial score (nSPS) is 12.7. The molecule has 0 bridgehead atoms. The molecule has 2 unspecified atom stereocenters. The van der Waals surface area contributed by atoms with Gasteiger partial charge in [0.25, 0.3) is 0 Å². The van der Waals surface area contributed by atoms with Crippen molar-refractivity contribution in [3.05, 3.63) is 48.6 Å². The first-order valence-electron chi connectivity index (χ1n) is 43.4. The van der Waals surface area contributed by atoms with E-state index in [2.05, 4.69) is 55.6 Å². The lowest BCUT2D eigenvalue weighted by Crippen LogP contribution is -2.45. The molecule has 0 aliphatic heterocycles. The van der Waals surface area contributed by atoms with Crippen LogP contribution in [0, 0.1) is 0 Å². The molecule has 0 aromatic carbocycles. The molecule has 0 aliphatic carbocycles. The van der Waals surface area contributed by atoms with E-state index in [0.29, 0.717) is 19.4 Å². The number of rotatable bonds is 82. The van der Waals surface area contributed by atoms with Gasteiger partial charge in [-0.25, -0.2) is 0 Å². The van der Waals surface area contributed by atoms with Crippen molar-refractivity contribution in [1.29, 1.82) is 0 Å². The highest BCUT2D eigenvalue weighted by atomic mass is 16.5. The van der Waals surface area contributed by atoms with Crippen LogP contribution in [0.5, 0.6) is 0 Å². The number of allylic oxidation sites excluding steroid dienone is 7. The smallest absolute Gasteiger partial charge is 0.305 e. The van der Waals surface area contributed by atoms with Gasteiger partial charge in [-0.1, -0.05) is 428 Å². The van der Waals surface area contributed by atoms with Gasteiger partial charge in [-0.3, -0.25) is 9.59 Å². The summed E-state index contributed by atoms with van der Waals surface area (Å²) in [6, 6.07) is -0.627. The van der Waals surface area contributed by atoms with E-state index in [1.54, 1.807) is 6.08 Å². The molecule has 560 valence electrons. The quantitative estimate of drug-likeness (QED) is 0.0320.